The number of benzene rings is 1. The van der Waals surface area contributed by atoms with Gasteiger partial charge < -0.3 is 19.5 Å². The molecule has 5 nitrogen and oxygen atoms in total. The average Bonchev–Trinajstić information content (AvgIpc) is 3.20. The van der Waals surface area contributed by atoms with E-state index in [2.05, 4.69) is 12.2 Å². The van der Waals surface area contributed by atoms with Gasteiger partial charge in [-0.3, -0.25) is 4.79 Å². The second-order valence-electron chi connectivity index (χ2n) is 5.06. The van der Waals surface area contributed by atoms with Crippen molar-refractivity contribution in [3.63, 3.8) is 0 Å². The van der Waals surface area contributed by atoms with Crippen LogP contribution in [0.1, 0.15) is 18.9 Å². The Morgan fingerprint density at radius 3 is 2.20 bits per heavy atom. The molecule has 20 heavy (non-hydrogen) atoms. The van der Waals surface area contributed by atoms with Crippen LogP contribution >= 0.6 is 0 Å². The Morgan fingerprint density at radius 2 is 1.70 bits per heavy atom. The van der Waals surface area contributed by atoms with Crippen LogP contribution in [0, 0.1) is 11.8 Å². The first kappa shape index (κ1) is 14.5. The fraction of sp³-hybridized carbons (Fsp3) is 0.533. The maximum Gasteiger partial charge on any atom is 0.223 e. The van der Waals surface area contributed by atoms with Crippen LogP contribution < -0.4 is 19.5 Å². The molecule has 0 saturated heterocycles. The lowest BCUT2D eigenvalue weighted by molar-refractivity contribution is -0.122. The highest BCUT2D eigenvalue weighted by atomic mass is 16.5. The van der Waals surface area contributed by atoms with Crippen molar-refractivity contribution in [1.82, 2.24) is 5.32 Å². The molecule has 1 saturated carbocycles. The number of carbonyl (C=O) groups excluding carboxylic acids is 1. The normalized spacial score (nSPS) is 20.2. The summed E-state index contributed by atoms with van der Waals surface area (Å²) in [6.45, 7) is 2.51. The monoisotopic (exact) mass is 279 g/mol. The molecule has 0 aliphatic heterocycles. The average molecular weight is 279 g/mol. The Bertz CT molecular complexity index is 501. The molecule has 1 N–H and O–H groups in total. The summed E-state index contributed by atoms with van der Waals surface area (Å²) in [5.41, 5.74) is 0.867. The predicted molar refractivity (Wildman–Crippen MR) is 75.2 cm³/mol. The lowest BCUT2D eigenvalue weighted by Crippen LogP contribution is -2.25. The molecule has 110 valence electrons. The third-order valence-electron chi connectivity index (χ3n) is 3.69. The van der Waals surface area contributed by atoms with Crippen molar-refractivity contribution in [2.75, 3.05) is 21.3 Å². The van der Waals surface area contributed by atoms with Gasteiger partial charge >= 0.3 is 0 Å². The third kappa shape index (κ3) is 2.98. The summed E-state index contributed by atoms with van der Waals surface area (Å²) >= 11 is 0. The van der Waals surface area contributed by atoms with Crippen molar-refractivity contribution in [3.8, 4) is 17.2 Å². The molecule has 5 heteroatoms. The number of nitrogens with one attached hydrogen (secondary N) is 1. The van der Waals surface area contributed by atoms with E-state index in [1.807, 2.05) is 6.07 Å². The van der Waals surface area contributed by atoms with E-state index in [9.17, 15) is 4.79 Å². The van der Waals surface area contributed by atoms with Crippen LogP contribution in [0.3, 0.4) is 0 Å². The molecule has 1 amide bonds. The first-order valence-electron chi connectivity index (χ1n) is 6.67. The maximum absolute atomic E-state index is 11.9. The van der Waals surface area contributed by atoms with E-state index < -0.39 is 0 Å². The molecular formula is C15H21NO4. The Kier molecular flexibility index (Phi) is 4.37. The highest BCUT2D eigenvalue weighted by molar-refractivity contribution is 5.81. The van der Waals surface area contributed by atoms with E-state index in [1.165, 1.54) is 0 Å². The molecule has 1 aromatic rings. The molecular weight excluding hydrogens is 258 g/mol. The van der Waals surface area contributed by atoms with Gasteiger partial charge in [0.25, 0.3) is 0 Å². The lowest BCUT2D eigenvalue weighted by Gasteiger charge is -2.14. The standard InChI is InChI=1S/C15H21NO4/c1-9-5-11(9)15(17)16-8-10-6-13(19-3)14(20-4)7-12(10)18-2/h6-7,9,11H,5,8H2,1-4H3,(H,16,17)/t9-,11+/m1/s1. The van der Waals surface area contributed by atoms with Gasteiger partial charge in [0.05, 0.1) is 21.3 Å². The van der Waals surface area contributed by atoms with Crippen LogP contribution in [0.4, 0.5) is 0 Å². The fourth-order valence-electron chi connectivity index (χ4n) is 2.23. The molecule has 1 aliphatic carbocycles. The van der Waals surface area contributed by atoms with Gasteiger partial charge in [0.2, 0.25) is 5.91 Å². The van der Waals surface area contributed by atoms with Gasteiger partial charge in [-0.2, -0.15) is 0 Å². The molecule has 0 unspecified atom stereocenters. The Hall–Kier alpha value is -1.91. The minimum absolute atomic E-state index is 0.106. The van der Waals surface area contributed by atoms with E-state index in [-0.39, 0.29) is 11.8 Å². The van der Waals surface area contributed by atoms with Gasteiger partial charge in [-0.1, -0.05) is 6.92 Å². The fourth-order valence-corrected chi connectivity index (χ4v) is 2.23. The van der Waals surface area contributed by atoms with Crippen molar-refractivity contribution in [2.24, 2.45) is 11.8 Å². The van der Waals surface area contributed by atoms with Crippen molar-refractivity contribution in [3.05, 3.63) is 17.7 Å². The summed E-state index contributed by atoms with van der Waals surface area (Å²) in [5.74, 6) is 2.68. The Labute approximate surface area is 119 Å². The van der Waals surface area contributed by atoms with E-state index in [0.29, 0.717) is 29.7 Å². The van der Waals surface area contributed by atoms with E-state index >= 15 is 0 Å². The summed E-state index contributed by atoms with van der Waals surface area (Å²) in [5, 5.41) is 2.94. The van der Waals surface area contributed by atoms with Crippen LogP contribution in [0.25, 0.3) is 0 Å². The van der Waals surface area contributed by atoms with Crippen LogP contribution in [0.2, 0.25) is 0 Å². The van der Waals surface area contributed by atoms with Gasteiger partial charge in [0.1, 0.15) is 5.75 Å². The van der Waals surface area contributed by atoms with E-state index in [1.54, 1.807) is 27.4 Å². The molecule has 0 spiro atoms. The summed E-state index contributed by atoms with van der Waals surface area (Å²) in [6.07, 6.45) is 0.981. The van der Waals surface area contributed by atoms with Crippen molar-refractivity contribution >= 4 is 5.91 Å². The topological polar surface area (TPSA) is 56.8 Å². The van der Waals surface area contributed by atoms with Crippen LogP contribution in [0.15, 0.2) is 12.1 Å². The highest BCUT2D eigenvalue weighted by Crippen LogP contribution is 2.38. The second-order valence-corrected chi connectivity index (χ2v) is 5.06. The summed E-state index contributed by atoms with van der Waals surface area (Å²) in [7, 11) is 4.75. The number of hydrogen-bond acceptors (Lipinski definition) is 4. The first-order chi connectivity index (χ1) is 9.60. The number of rotatable bonds is 6. The summed E-state index contributed by atoms with van der Waals surface area (Å²) < 4.78 is 15.8. The molecule has 2 rings (SSSR count). The Balaban J connectivity index is 2.11. The van der Waals surface area contributed by atoms with Gasteiger partial charge in [-0.05, 0) is 18.4 Å². The third-order valence-corrected chi connectivity index (χ3v) is 3.69. The molecule has 1 fully saturated rings. The Morgan fingerprint density at radius 1 is 1.15 bits per heavy atom. The molecule has 0 aromatic heterocycles. The van der Waals surface area contributed by atoms with Gasteiger partial charge in [0, 0.05) is 24.1 Å². The number of ether oxygens (including phenoxy) is 3. The highest BCUT2D eigenvalue weighted by Gasteiger charge is 2.38. The van der Waals surface area contributed by atoms with Gasteiger partial charge in [-0.15, -0.1) is 0 Å². The minimum Gasteiger partial charge on any atom is -0.496 e. The zero-order valence-corrected chi connectivity index (χ0v) is 12.4. The summed E-state index contributed by atoms with van der Waals surface area (Å²) in [4.78, 5) is 11.9. The lowest BCUT2D eigenvalue weighted by atomic mass is 10.1. The molecule has 2 atom stereocenters. The maximum atomic E-state index is 11.9. The minimum atomic E-state index is 0.106. The summed E-state index contributed by atoms with van der Waals surface area (Å²) in [6, 6.07) is 3.59. The zero-order valence-electron chi connectivity index (χ0n) is 12.4. The van der Waals surface area contributed by atoms with Crippen molar-refractivity contribution < 1.29 is 19.0 Å². The van der Waals surface area contributed by atoms with E-state index in [4.69, 9.17) is 14.2 Å². The van der Waals surface area contributed by atoms with Gasteiger partial charge in [0.15, 0.2) is 11.5 Å². The largest absolute Gasteiger partial charge is 0.496 e. The van der Waals surface area contributed by atoms with Crippen molar-refractivity contribution in [2.45, 2.75) is 19.9 Å². The molecule has 0 bridgehead atoms. The zero-order chi connectivity index (χ0) is 14.7. The van der Waals surface area contributed by atoms with E-state index in [0.717, 1.165) is 12.0 Å². The van der Waals surface area contributed by atoms with Crippen LogP contribution in [-0.4, -0.2) is 27.2 Å². The van der Waals surface area contributed by atoms with Crippen LogP contribution in [0.5, 0.6) is 17.2 Å². The smallest absolute Gasteiger partial charge is 0.223 e. The number of methoxy groups -OCH3 is 3. The van der Waals surface area contributed by atoms with Gasteiger partial charge in [-0.25, -0.2) is 0 Å². The number of amides is 1. The SMILES string of the molecule is COc1cc(OC)c(OC)cc1CNC(=O)[C@H]1C[C@H]1C. The molecule has 1 aromatic carbocycles. The van der Waals surface area contributed by atoms with Crippen molar-refractivity contribution in [1.29, 1.82) is 0 Å². The predicted octanol–water partition coefficient (Wildman–Crippen LogP) is 1.98. The molecule has 1 aliphatic rings. The molecule has 0 radical (unpaired) electrons. The number of carbonyl (C=O) groups is 1. The second kappa shape index (κ2) is 6.03. The van der Waals surface area contributed by atoms with Crippen LogP contribution in [-0.2, 0) is 11.3 Å². The first-order valence-corrected chi connectivity index (χ1v) is 6.67. The molecule has 0 heterocycles. The quantitative estimate of drug-likeness (QED) is 0.865. The number of hydrogen-bond donors (Lipinski definition) is 1.